The number of likely N-dealkylation sites (N-methyl/N-ethyl adjacent to an activating group) is 1. The Bertz CT molecular complexity index is 1090. The maximum atomic E-state index is 12.8. The zero-order valence-electron chi connectivity index (χ0n) is 36.0. The number of nitrogens with zero attached hydrogens (tertiary/aromatic N) is 1. The van der Waals surface area contributed by atoms with Gasteiger partial charge < -0.3 is 34.7 Å². The molecule has 0 aliphatic carbocycles. The SMILES string of the molecule is CCCCCCCCCCCCCCCCOCC(COP(=O)(O)OCC[N+](C)(C)C)NC(=O)CCC[C@H](O)[C@H](O)/C=C/C=C/C=C\C=C\[C@H](O)CCCCC. The third-order valence-corrected chi connectivity index (χ3v) is 10.4. The van der Waals surface area contributed by atoms with Crippen LogP contribution in [0.4, 0.5) is 0 Å². The summed E-state index contributed by atoms with van der Waals surface area (Å²) in [6, 6.07) is -0.665. The zero-order valence-corrected chi connectivity index (χ0v) is 36.9. The lowest BCUT2D eigenvalue weighted by Crippen LogP contribution is -2.41. The molecule has 5 atom stereocenters. The average molecular weight is 816 g/mol. The van der Waals surface area contributed by atoms with Gasteiger partial charge in [-0.3, -0.25) is 13.8 Å². The first-order chi connectivity index (χ1) is 26.8. The first kappa shape index (κ1) is 54.3. The molecule has 0 fully saturated rings. The third-order valence-electron chi connectivity index (χ3n) is 9.38. The van der Waals surface area contributed by atoms with Crippen LogP contribution in [0.25, 0.3) is 0 Å². The Labute approximate surface area is 341 Å². The van der Waals surface area contributed by atoms with Crippen molar-refractivity contribution < 1.29 is 47.8 Å². The molecular formula is C44H84N2O9P+. The summed E-state index contributed by atoms with van der Waals surface area (Å²) in [6.07, 6.45) is 33.6. The molecular weight excluding hydrogens is 731 g/mol. The highest BCUT2D eigenvalue weighted by Gasteiger charge is 2.25. The number of amides is 1. The van der Waals surface area contributed by atoms with E-state index in [1.54, 1.807) is 30.4 Å². The van der Waals surface area contributed by atoms with Gasteiger partial charge in [0.2, 0.25) is 5.91 Å². The number of quaternary nitrogens is 1. The molecule has 0 bridgehead atoms. The van der Waals surface area contributed by atoms with Crippen molar-refractivity contribution in [1.82, 2.24) is 5.32 Å². The number of phosphoric acid groups is 1. The van der Waals surface area contributed by atoms with Crippen molar-refractivity contribution in [2.24, 2.45) is 0 Å². The van der Waals surface area contributed by atoms with Crippen molar-refractivity contribution in [2.75, 3.05) is 54.1 Å². The third kappa shape index (κ3) is 37.9. The fraction of sp³-hybridized carbons (Fsp3) is 0.795. The van der Waals surface area contributed by atoms with Gasteiger partial charge in [-0.05, 0) is 25.7 Å². The van der Waals surface area contributed by atoms with Gasteiger partial charge in [0, 0.05) is 13.0 Å². The van der Waals surface area contributed by atoms with E-state index in [1.165, 1.54) is 76.7 Å². The molecule has 11 nitrogen and oxygen atoms in total. The van der Waals surface area contributed by atoms with Crippen LogP contribution in [0.1, 0.15) is 149 Å². The van der Waals surface area contributed by atoms with Gasteiger partial charge >= 0.3 is 7.82 Å². The van der Waals surface area contributed by atoms with Crippen LogP contribution in [0.5, 0.6) is 0 Å². The van der Waals surface area contributed by atoms with Gasteiger partial charge in [0.25, 0.3) is 0 Å². The molecule has 0 saturated heterocycles. The number of nitrogens with one attached hydrogen (secondary N) is 1. The van der Waals surface area contributed by atoms with E-state index in [4.69, 9.17) is 13.8 Å². The maximum Gasteiger partial charge on any atom is 0.472 e. The standard InChI is InChI=1S/C44H83N2O9P/c1-6-8-10-11-12-13-14-15-16-17-18-21-24-28-36-53-38-40(39-55-56(51,52)54-37-35-46(3,4)5)45-44(50)34-29-33-43(49)42(48)32-27-23-20-19-22-26-31-41(47)30-25-9-7-2/h19-20,22-23,26-27,31-32,40-43,47-49H,6-18,21,24-25,28-30,33-39H2,1-5H3,(H-,45,50,51,52)/p+1/b22-19-,23-20+,31-26+,32-27+/t40?,41-,42-,43+/m1/s1. The predicted octanol–water partition coefficient (Wildman–Crippen LogP) is 8.87. The molecule has 0 aromatic heterocycles. The van der Waals surface area contributed by atoms with Gasteiger partial charge in [-0.1, -0.05) is 165 Å². The number of unbranched alkanes of at least 4 members (excludes halogenated alkanes) is 15. The molecule has 328 valence electrons. The van der Waals surface area contributed by atoms with E-state index < -0.39 is 32.2 Å². The minimum atomic E-state index is -4.33. The van der Waals surface area contributed by atoms with Crippen molar-refractivity contribution in [1.29, 1.82) is 0 Å². The summed E-state index contributed by atoms with van der Waals surface area (Å²) >= 11 is 0. The van der Waals surface area contributed by atoms with E-state index in [1.807, 2.05) is 33.3 Å². The molecule has 0 aliphatic rings. The molecule has 0 aliphatic heterocycles. The summed E-state index contributed by atoms with van der Waals surface area (Å²) in [7, 11) is 1.52. The highest BCUT2D eigenvalue weighted by molar-refractivity contribution is 7.47. The van der Waals surface area contributed by atoms with E-state index in [0.29, 0.717) is 24.1 Å². The number of phosphoric ester groups is 1. The Balaban J connectivity index is 4.60. The second kappa shape index (κ2) is 36.4. The van der Waals surface area contributed by atoms with Crippen molar-refractivity contribution in [3.63, 3.8) is 0 Å². The topological polar surface area (TPSA) is 155 Å². The number of hydrogen-bond donors (Lipinski definition) is 5. The normalized spacial score (nSPS) is 15.9. The Morgan fingerprint density at radius 1 is 0.643 bits per heavy atom. The van der Waals surface area contributed by atoms with Gasteiger partial charge in [-0.15, -0.1) is 0 Å². The summed E-state index contributed by atoms with van der Waals surface area (Å²) in [5.74, 6) is -0.313. The van der Waals surface area contributed by atoms with Crippen LogP contribution in [0.15, 0.2) is 48.6 Å². The van der Waals surface area contributed by atoms with E-state index in [-0.39, 0.29) is 38.6 Å². The van der Waals surface area contributed by atoms with Gasteiger partial charge in [-0.2, -0.15) is 0 Å². The molecule has 2 unspecified atom stereocenters. The van der Waals surface area contributed by atoms with Crippen LogP contribution in [0.3, 0.4) is 0 Å². The van der Waals surface area contributed by atoms with Crippen LogP contribution < -0.4 is 5.32 Å². The van der Waals surface area contributed by atoms with Gasteiger partial charge in [0.05, 0.1) is 58.7 Å². The summed E-state index contributed by atoms with van der Waals surface area (Å²) < 4.78 is 29.3. The van der Waals surface area contributed by atoms with E-state index in [9.17, 15) is 29.6 Å². The number of carbonyl (C=O) groups excluding carboxylic acids is 1. The van der Waals surface area contributed by atoms with Crippen LogP contribution in [-0.2, 0) is 23.1 Å². The molecule has 0 heterocycles. The molecule has 0 rings (SSSR count). The number of ether oxygens (including phenoxy) is 1. The fourth-order valence-electron chi connectivity index (χ4n) is 5.80. The van der Waals surface area contributed by atoms with Crippen LogP contribution in [0, 0.1) is 0 Å². The van der Waals surface area contributed by atoms with Gasteiger partial charge in [0.1, 0.15) is 13.2 Å². The minimum Gasteiger partial charge on any atom is -0.390 e. The Hall–Kier alpha value is -1.66. The lowest BCUT2D eigenvalue weighted by atomic mass is 10.0. The first-order valence-corrected chi connectivity index (χ1v) is 23.3. The highest BCUT2D eigenvalue weighted by Crippen LogP contribution is 2.43. The summed E-state index contributed by atoms with van der Waals surface area (Å²) in [4.78, 5) is 23.0. The summed E-state index contributed by atoms with van der Waals surface area (Å²) in [5, 5.41) is 33.5. The Morgan fingerprint density at radius 3 is 1.73 bits per heavy atom. The van der Waals surface area contributed by atoms with Crippen LogP contribution >= 0.6 is 7.82 Å². The second-order valence-electron chi connectivity index (χ2n) is 16.1. The first-order valence-electron chi connectivity index (χ1n) is 21.8. The molecule has 0 spiro atoms. The van der Waals surface area contributed by atoms with E-state index >= 15 is 0 Å². The fourth-order valence-corrected chi connectivity index (χ4v) is 6.56. The van der Waals surface area contributed by atoms with Crippen LogP contribution in [-0.4, -0.2) is 109 Å². The molecule has 56 heavy (non-hydrogen) atoms. The molecule has 0 aromatic carbocycles. The number of aliphatic hydroxyl groups excluding tert-OH is 3. The van der Waals surface area contributed by atoms with Crippen molar-refractivity contribution in [2.45, 2.75) is 173 Å². The van der Waals surface area contributed by atoms with Crippen molar-refractivity contribution >= 4 is 13.7 Å². The predicted molar refractivity (Wildman–Crippen MR) is 230 cm³/mol. The zero-order chi connectivity index (χ0) is 41.8. The Kier molecular flexibility index (Phi) is 35.3. The van der Waals surface area contributed by atoms with Crippen molar-refractivity contribution in [3.8, 4) is 0 Å². The van der Waals surface area contributed by atoms with E-state index in [0.717, 1.165) is 44.9 Å². The van der Waals surface area contributed by atoms with Gasteiger partial charge in [-0.25, -0.2) is 4.57 Å². The molecule has 0 saturated carbocycles. The number of rotatable bonds is 39. The van der Waals surface area contributed by atoms with E-state index in [2.05, 4.69) is 19.2 Å². The van der Waals surface area contributed by atoms with Gasteiger partial charge in [0.15, 0.2) is 0 Å². The molecule has 0 radical (unpaired) electrons. The number of allylic oxidation sites excluding steroid dienone is 6. The quantitative estimate of drug-likeness (QED) is 0.0177. The summed E-state index contributed by atoms with van der Waals surface area (Å²) in [6.45, 7) is 5.33. The lowest BCUT2D eigenvalue weighted by Gasteiger charge is -2.24. The highest BCUT2D eigenvalue weighted by atomic mass is 31.2. The smallest absolute Gasteiger partial charge is 0.390 e. The Morgan fingerprint density at radius 2 is 1.16 bits per heavy atom. The number of hydrogen-bond acceptors (Lipinski definition) is 8. The maximum absolute atomic E-state index is 12.8. The van der Waals surface area contributed by atoms with Crippen molar-refractivity contribution in [3.05, 3.63) is 48.6 Å². The van der Waals surface area contributed by atoms with Crippen LogP contribution in [0.2, 0.25) is 0 Å². The minimum absolute atomic E-state index is 0.0449. The monoisotopic (exact) mass is 816 g/mol. The molecule has 5 N–H and O–H groups in total. The molecule has 12 heteroatoms. The molecule has 1 amide bonds. The summed E-state index contributed by atoms with van der Waals surface area (Å²) in [5.41, 5.74) is 0. The second-order valence-corrected chi connectivity index (χ2v) is 17.6. The number of aliphatic hydroxyl groups is 3. The lowest BCUT2D eigenvalue weighted by molar-refractivity contribution is -0.870. The average Bonchev–Trinajstić information content (AvgIpc) is 3.13. The largest absolute Gasteiger partial charge is 0.472 e. The number of carbonyl (C=O) groups is 1. The molecule has 0 aromatic rings.